The van der Waals surface area contributed by atoms with E-state index in [-0.39, 0.29) is 29.4 Å². The second-order valence-electron chi connectivity index (χ2n) is 7.05. The summed E-state index contributed by atoms with van der Waals surface area (Å²) in [4.78, 5) is 8.58. The highest BCUT2D eigenvalue weighted by Crippen LogP contribution is 2.35. The maximum Gasteiger partial charge on any atom is 0.230 e. The monoisotopic (exact) mass is 431 g/mol. The van der Waals surface area contributed by atoms with Crippen LogP contribution >= 0.6 is 0 Å². The maximum atomic E-state index is 14.1. The highest BCUT2D eigenvalue weighted by Gasteiger charge is 2.26. The molecule has 1 atom stereocenters. The summed E-state index contributed by atoms with van der Waals surface area (Å²) in [5, 5.41) is 9.71. The molecule has 1 aliphatic rings. The van der Waals surface area contributed by atoms with Crippen LogP contribution in [0.25, 0.3) is 0 Å². The molecule has 9 heteroatoms. The molecular weight excluding hydrogens is 414 g/mol. The van der Waals surface area contributed by atoms with Crippen molar-refractivity contribution in [1.29, 1.82) is 0 Å². The number of nitrogens with zero attached hydrogens (tertiary/aromatic N) is 2. The Morgan fingerprint density at radius 2 is 1.81 bits per heavy atom. The molecule has 2 N–H and O–H groups in total. The molecule has 0 saturated carbocycles. The highest BCUT2D eigenvalue weighted by atomic mass is 19.2. The summed E-state index contributed by atoms with van der Waals surface area (Å²) >= 11 is 0. The first kappa shape index (κ1) is 20.8. The third-order valence-electron chi connectivity index (χ3n) is 5.02. The van der Waals surface area contributed by atoms with Crippen molar-refractivity contribution >= 4 is 5.84 Å². The molecule has 1 heterocycles. The largest absolute Gasteiger partial charge is 0.432 e. The van der Waals surface area contributed by atoms with Crippen LogP contribution in [0.2, 0.25) is 0 Å². The summed E-state index contributed by atoms with van der Waals surface area (Å²) in [6.45, 7) is 1.59. The molecule has 3 aromatic rings. The van der Waals surface area contributed by atoms with Gasteiger partial charge >= 0.3 is 0 Å². The molecule has 0 radical (unpaired) electrons. The molecular formula is C22H17F4N3O2. The van der Waals surface area contributed by atoms with Crippen molar-refractivity contribution in [2.45, 2.75) is 25.8 Å². The Balaban J connectivity index is 1.77. The third-order valence-corrected chi connectivity index (χ3v) is 5.02. The van der Waals surface area contributed by atoms with E-state index in [1.54, 1.807) is 13.0 Å². The fraction of sp³-hybridized carbons (Fsp3) is 0.182. The van der Waals surface area contributed by atoms with Crippen LogP contribution in [0, 0.1) is 30.2 Å². The fourth-order valence-electron chi connectivity index (χ4n) is 3.51. The first-order chi connectivity index (χ1) is 14.9. The molecule has 1 unspecified atom stereocenters. The van der Waals surface area contributed by atoms with Gasteiger partial charge in [-0.25, -0.2) is 13.8 Å². The molecule has 1 aliphatic carbocycles. The summed E-state index contributed by atoms with van der Waals surface area (Å²) in [5.74, 6) is -8.35. The van der Waals surface area contributed by atoms with Gasteiger partial charge in [-0.3, -0.25) is 15.7 Å². The number of hydrogen-bond acceptors (Lipinski definition) is 4. The zero-order valence-corrected chi connectivity index (χ0v) is 16.3. The molecule has 2 aromatic carbocycles. The van der Waals surface area contributed by atoms with Gasteiger partial charge in [-0.1, -0.05) is 24.3 Å². The van der Waals surface area contributed by atoms with E-state index in [2.05, 4.69) is 9.98 Å². The zero-order valence-electron chi connectivity index (χ0n) is 16.3. The Hall–Kier alpha value is -3.46. The number of aromatic nitrogens is 1. The van der Waals surface area contributed by atoms with Gasteiger partial charge in [0.25, 0.3) is 0 Å². The second-order valence-corrected chi connectivity index (χ2v) is 7.05. The molecule has 5 nitrogen and oxygen atoms in total. The lowest BCUT2D eigenvalue weighted by atomic mass is 10.1. The molecule has 4 rings (SSSR count). The number of rotatable bonds is 4. The van der Waals surface area contributed by atoms with Crippen molar-refractivity contribution in [3.05, 3.63) is 88.1 Å². The van der Waals surface area contributed by atoms with Gasteiger partial charge in [0.2, 0.25) is 23.3 Å². The lowest BCUT2D eigenvalue weighted by molar-refractivity contribution is 0.233. The lowest BCUT2D eigenvalue weighted by Crippen LogP contribution is -2.22. The van der Waals surface area contributed by atoms with Gasteiger partial charge in [0.05, 0.1) is 11.6 Å². The summed E-state index contributed by atoms with van der Waals surface area (Å²) in [6.07, 6.45) is 1.50. The Labute approximate surface area is 175 Å². The first-order valence-electron chi connectivity index (χ1n) is 9.43. The summed E-state index contributed by atoms with van der Waals surface area (Å²) in [6, 6.07) is 10.6. The average molecular weight is 431 g/mol. The van der Waals surface area contributed by atoms with Crippen LogP contribution in [0.1, 0.15) is 34.8 Å². The molecule has 31 heavy (non-hydrogen) atoms. The number of pyridine rings is 1. The SMILES string of the molecule is Cc1ccc(C(=NC2CCc3ccccc32)NO)c(Oc2c(F)c(F)cc(F)c2F)n1. The number of hydroxylamine groups is 1. The van der Waals surface area contributed by atoms with Crippen LogP contribution in [-0.4, -0.2) is 16.0 Å². The smallest absolute Gasteiger partial charge is 0.230 e. The lowest BCUT2D eigenvalue weighted by Gasteiger charge is -2.15. The van der Waals surface area contributed by atoms with E-state index >= 15 is 0 Å². The topological polar surface area (TPSA) is 66.7 Å². The van der Waals surface area contributed by atoms with Crippen LogP contribution in [0.3, 0.4) is 0 Å². The highest BCUT2D eigenvalue weighted by molar-refractivity contribution is 6.00. The Morgan fingerprint density at radius 1 is 1.10 bits per heavy atom. The van der Waals surface area contributed by atoms with Crippen molar-refractivity contribution in [1.82, 2.24) is 10.5 Å². The van der Waals surface area contributed by atoms with E-state index in [0.717, 1.165) is 17.5 Å². The van der Waals surface area contributed by atoms with Crippen molar-refractivity contribution in [2.75, 3.05) is 0 Å². The van der Waals surface area contributed by atoms with Crippen LogP contribution in [-0.2, 0) is 6.42 Å². The predicted octanol–water partition coefficient (Wildman–Crippen LogP) is 5.15. The van der Waals surface area contributed by atoms with Gasteiger partial charge in [0.1, 0.15) is 0 Å². The number of ether oxygens (including phenoxy) is 1. The number of benzene rings is 2. The first-order valence-corrected chi connectivity index (χ1v) is 9.43. The Kier molecular flexibility index (Phi) is 5.60. The van der Waals surface area contributed by atoms with Crippen molar-refractivity contribution in [2.24, 2.45) is 4.99 Å². The van der Waals surface area contributed by atoms with Crippen molar-refractivity contribution in [3.8, 4) is 11.6 Å². The number of halogens is 4. The van der Waals surface area contributed by atoms with Gasteiger partial charge in [-0.2, -0.15) is 8.78 Å². The number of amidine groups is 1. The van der Waals surface area contributed by atoms with E-state index in [9.17, 15) is 22.8 Å². The average Bonchev–Trinajstić information content (AvgIpc) is 3.17. The number of aliphatic imine (C=N–C) groups is 1. The zero-order chi connectivity index (χ0) is 22.1. The van der Waals surface area contributed by atoms with Gasteiger partial charge < -0.3 is 4.74 Å². The maximum absolute atomic E-state index is 14.1. The van der Waals surface area contributed by atoms with E-state index in [1.165, 1.54) is 6.07 Å². The van der Waals surface area contributed by atoms with E-state index in [0.29, 0.717) is 12.1 Å². The minimum absolute atomic E-state index is 0.0564. The predicted molar refractivity (Wildman–Crippen MR) is 104 cm³/mol. The molecule has 0 saturated heterocycles. The Morgan fingerprint density at radius 3 is 2.52 bits per heavy atom. The molecule has 0 bridgehead atoms. The number of hydrogen-bond donors (Lipinski definition) is 2. The van der Waals surface area contributed by atoms with Crippen LogP contribution in [0.5, 0.6) is 11.6 Å². The summed E-state index contributed by atoms with van der Waals surface area (Å²) < 4.78 is 60.5. The van der Waals surface area contributed by atoms with E-state index in [4.69, 9.17) is 4.74 Å². The van der Waals surface area contributed by atoms with Gasteiger partial charge in [0.15, 0.2) is 17.5 Å². The minimum atomic E-state index is -1.70. The minimum Gasteiger partial charge on any atom is -0.432 e. The number of nitrogens with one attached hydrogen (secondary N) is 1. The molecule has 1 aromatic heterocycles. The summed E-state index contributed by atoms with van der Waals surface area (Å²) in [7, 11) is 0. The van der Waals surface area contributed by atoms with Gasteiger partial charge in [-0.15, -0.1) is 0 Å². The summed E-state index contributed by atoms with van der Waals surface area (Å²) in [5.41, 5.74) is 4.55. The standard InChI is InChI=1S/C22H17F4N3O2/c1-11-6-8-14(21(29-30)28-17-9-7-12-4-2-3-5-13(12)17)22(27-11)31-20-18(25)15(23)10-16(24)19(20)26/h2-6,8,10,17,30H,7,9H2,1H3,(H,28,29). The number of aryl methyl sites for hydroxylation is 2. The van der Waals surface area contributed by atoms with E-state index in [1.807, 2.05) is 29.7 Å². The van der Waals surface area contributed by atoms with Crippen LogP contribution < -0.4 is 10.2 Å². The normalized spacial score (nSPS) is 15.7. The fourth-order valence-corrected chi connectivity index (χ4v) is 3.51. The van der Waals surface area contributed by atoms with Crippen LogP contribution in [0.4, 0.5) is 17.6 Å². The van der Waals surface area contributed by atoms with Gasteiger partial charge in [0, 0.05) is 11.8 Å². The van der Waals surface area contributed by atoms with Crippen molar-refractivity contribution in [3.63, 3.8) is 0 Å². The number of fused-ring (bicyclic) bond motifs is 1. The molecule has 0 fully saturated rings. The van der Waals surface area contributed by atoms with Gasteiger partial charge in [-0.05, 0) is 43.0 Å². The van der Waals surface area contributed by atoms with Crippen LogP contribution in [0.15, 0.2) is 47.5 Å². The Bertz CT molecular complexity index is 1160. The third kappa shape index (κ3) is 3.96. The molecule has 0 amide bonds. The van der Waals surface area contributed by atoms with E-state index < -0.39 is 29.0 Å². The second kappa shape index (κ2) is 8.35. The molecule has 160 valence electrons. The molecule has 0 spiro atoms. The quantitative estimate of drug-likeness (QED) is 0.197. The van der Waals surface area contributed by atoms with Crippen molar-refractivity contribution < 1.29 is 27.5 Å². The molecule has 0 aliphatic heterocycles.